The first-order chi connectivity index (χ1) is 14.9. The maximum atomic E-state index is 12.6. The fourth-order valence-electron chi connectivity index (χ4n) is 3.23. The Morgan fingerprint density at radius 1 is 0.968 bits per heavy atom. The van der Waals surface area contributed by atoms with Gasteiger partial charge in [0.05, 0.1) is 13.1 Å². The standard InChI is InChI=1S/C23H29N7O/c1-4-13-30(15-21(31)25-18-11-7-5-9-16(18)2)14-20-27-22(24)29-23(28-20)26-19-12-8-6-10-17(19)3/h5-12H,4,13-15H2,1-3H3,(H,25,31)(H3,24,26,27,28,29). The first-order valence-electron chi connectivity index (χ1n) is 10.4. The molecule has 31 heavy (non-hydrogen) atoms. The number of carbonyl (C=O) groups is 1. The highest BCUT2D eigenvalue weighted by molar-refractivity contribution is 5.92. The van der Waals surface area contributed by atoms with Crippen molar-refractivity contribution in [3.05, 3.63) is 65.5 Å². The summed E-state index contributed by atoms with van der Waals surface area (Å²) in [5, 5.41) is 6.17. The van der Waals surface area contributed by atoms with Crippen molar-refractivity contribution < 1.29 is 4.79 Å². The van der Waals surface area contributed by atoms with E-state index in [4.69, 9.17) is 5.73 Å². The summed E-state index contributed by atoms with van der Waals surface area (Å²) in [4.78, 5) is 27.6. The minimum atomic E-state index is -0.0805. The zero-order chi connectivity index (χ0) is 22.2. The van der Waals surface area contributed by atoms with E-state index in [1.807, 2.05) is 67.3 Å². The predicted octanol–water partition coefficient (Wildman–Crippen LogP) is 3.66. The van der Waals surface area contributed by atoms with Crippen molar-refractivity contribution in [3.63, 3.8) is 0 Å². The van der Waals surface area contributed by atoms with E-state index in [0.717, 1.165) is 35.5 Å². The van der Waals surface area contributed by atoms with Crippen molar-refractivity contribution >= 4 is 29.2 Å². The molecule has 3 rings (SSSR count). The lowest BCUT2D eigenvalue weighted by molar-refractivity contribution is -0.117. The van der Waals surface area contributed by atoms with E-state index in [2.05, 4.69) is 32.5 Å². The smallest absolute Gasteiger partial charge is 0.238 e. The van der Waals surface area contributed by atoms with Crippen molar-refractivity contribution in [3.8, 4) is 0 Å². The van der Waals surface area contributed by atoms with Crippen molar-refractivity contribution in [2.45, 2.75) is 33.7 Å². The second-order valence-corrected chi connectivity index (χ2v) is 7.45. The van der Waals surface area contributed by atoms with E-state index >= 15 is 0 Å². The third kappa shape index (κ3) is 6.48. The number of carbonyl (C=O) groups excluding carboxylic acids is 1. The molecule has 0 aliphatic rings. The summed E-state index contributed by atoms with van der Waals surface area (Å²) in [6, 6.07) is 15.6. The third-order valence-corrected chi connectivity index (χ3v) is 4.78. The van der Waals surface area contributed by atoms with Gasteiger partial charge in [0, 0.05) is 11.4 Å². The summed E-state index contributed by atoms with van der Waals surface area (Å²) in [6.07, 6.45) is 0.895. The van der Waals surface area contributed by atoms with E-state index < -0.39 is 0 Å². The van der Waals surface area contributed by atoms with E-state index in [1.165, 1.54) is 0 Å². The number of rotatable bonds is 9. The zero-order valence-corrected chi connectivity index (χ0v) is 18.2. The van der Waals surface area contributed by atoms with Gasteiger partial charge < -0.3 is 16.4 Å². The number of nitrogens with zero attached hydrogens (tertiary/aromatic N) is 4. The lowest BCUT2D eigenvalue weighted by atomic mass is 10.2. The summed E-state index contributed by atoms with van der Waals surface area (Å²) >= 11 is 0. The molecule has 0 bridgehead atoms. The number of aryl methyl sites for hydroxylation is 2. The van der Waals surface area contributed by atoms with Crippen molar-refractivity contribution in [1.82, 2.24) is 19.9 Å². The highest BCUT2D eigenvalue weighted by atomic mass is 16.2. The second kappa shape index (κ2) is 10.5. The average Bonchev–Trinajstić information content (AvgIpc) is 2.71. The fraction of sp³-hybridized carbons (Fsp3) is 0.304. The van der Waals surface area contributed by atoms with Crippen LogP contribution in [0.3, 0.4) is 0 Å². The van der Waals surface area contributed by atoms with Gasteiger partial charge in [-0.25, -0.2) is 0 Å². The monoisotopic (exact) mass is 419 g/mol. The van der Waals surface area contributed by atoms with Crippen LogP contribution in [0.2, 0.25) is 0 Å². The molecule has 0 aliphatic heterocycles. The van der Waals surface area contributed by atoms with Gasteiger partial charge in [-0.1, -0.05) is 43.3 Å². The van der Waals surface area contributed by atoms with E-state index in [1.54, 1.807) is 0 Å². The van der Waals surface area contributed by atoms with Gasteiger partial charge >= 0.3 is 0 Å². The largest absolute Gasteiger partial charge is 0.368 e. The SMILES string of the molecule is CCCN(CC(=O)Nc1ccccc1C)Cc1nc(N)nc(Nc2ccccc2C)n1. The van der Waals surface area contributed by atoms with Crippen molar-refractivity contribution in [2.75, 3.05) is 29.5 Å². The lowest BCUT2D eigenvalue weighted by Crippen LogP contribution is -2.34. The minimum absolute atomic E-state index is 0.0805. The Kier molecular flexibility index (Phi) is 7.50. The number of hydrogen-bond acceptors (Lipinski definition) is 7. The Balaban J connectivity index is 1.70. The Labute approximate surface area is 182 Å². The highest BCUT2D eigenvalue weighted by Gasteiger charge is 2.15. The molecular formula is C23H29N7O. The predicted molar refractivity (Wildman–Crippen MR) is 124 cm³/mol. The molecule has 8 heteroatoms. The first-order valence-corrected chi connectivity index (χ1v) is 10.4. The van der Waals surface area contributed by atoms with Crippen LogP contribution in [0.4, 0.5) is 23.3 Å². The van der Waals surface area contributed by atoms with E-state index in [-0.39, 0.29) is 18.4 Å². The van der Waals surface area contributed by atoms with Crippen LogP contribution in [-0.4, -0.2) is 38.8 Å². The molecule has 0 saturated heterocycles. The number of amides is 1. The number of nitrogens with one attached hydrogen (secondary N) is 2. The zero-order valence-electron chi connectivity index (χ0n) is 18.2. The number of benzene rings is 2. The molecule has 162 valence electrons. The highest BCUT2D eigenvalue weighted by Crippen LogP contribution is 2.18. The molecule has 0 radical (unpaired) electrons. The molecule has 0 atom stereocenters. The van der Waals surface area contributed by atoms with E-state index in [0.29, 0.717) is 18.3 Å². The van der Waals surface area contributed by atoms with Crippen LogP contribution in [0.1, 0.15) is 30.3 Å². The van der Waals surface area contributed by atoms with Crippen LogP contribution in [0.5, 0.6) is 0 Å². The van der Waals surface area contributed by atoms with Crippen molar-refractivity contribution in [2.24, 2.45) is 0 Å². The van der Waals surface area contributed by atoms with E-state index in [9.17, 15) is 4.79 Å². The molecule has 0 spiro atoms. The minimum Gasteiger partial charge on any atom is -0.368 e. The molecular weight excluding hydrogens is 390 g/mol. The molecule has 4 N–H and O–H groups in total. The maximum absolute atomic E-state index is 12.6. The Morgan fingerprint density at radius 2 is 1.61 bits per heavy atom. The molecule has 0 aliphatic carbocycles. The number of nitrogens with two attached hydrogens (primary N) is 1. The van der Waals surface area contributed by atoms with Crippen LogP contribution in [0.25, 0.3) is 0 Å². The fourth-order valence-corrected chi connectivity index (χ4v) is 3.23. The molecule has 3 aromatic rings. The molecule has 2 aromatic carbocycles. The quantitative estimate of drug-likeness (QED) is 0.485. The molecule has 0 unspecified atom stereocenters. The van der Waals surface area contributed by atoms with Gasteiger partial charge in [0.25, 0.3) is 0 Å². The van der Waals surface area contributed by atoms with Crippen molar-refractivity contribution in [1.29, 1.82) is 0 Å². The summed E-state index contributed by atoms with van der Waals surface area (Å²) in [5.41, 5.74) is 9.74. The summed E-state index contributed by atoms with van der Waals surface area (Å²) < 4.78 is 0. The van der Waals surface area contributed by atoms with Crippen LogP contribution in [-0.2, 0) is 11.3 Å². The number of hydrogen-bond donors (Lipinski definition) is 3. The number of anilines is 4. The molecule has 1 aromatic heterocycles. The van der Waals surface area contributed by atoms with Crippen LogP contribution in [0.15, 0.2) is 48.5 Å². The Morgan fingerprint density at radius 3 is 2.26 bits per heavy atom. The Bertz CT molecular complexity index is 1040. The summed E-state index contributed by atoms with van der Waals surface area (Å²) in [5.74, 6) is 0.961. The van der Waals surface area contributed by atoms with Gasteiger partial charge in [0.2, 0.25) is 17.8 Å². The number of para-hydroxylation sites is 2. The van der Waals surface area contributed by atoms with Gasteiger partial charge in [-0.3, -0.25) is 9.69 Å². The normalized spacial score (nSPS) is 10.8. The molecule has 0 fully saturated rings. The molecule has 8 nitrogen and oxygen atoms in total. The number of nitrogen functional groups attached to an aromatic ring is 1. The lowest BCUT2D eigenvalue weighted by Gasteiger charge is -2.21. The van der Waals surface area contributed by atoms with Gasteiger partial charge in [0.1, 0.15) is 5.82 Å². The molecule has 0 saturated carbocycles. The van der Waals surface area contributed by atoms with Crippen LogP contribution in [0, 0.1) is 13.8 Å². The van der Waals surface area contributed by atoms with Gasteiger partial charge in [-0.2, -0.15) is 15.0 Å². The summed E-state index contributed by atoms with van der Waals surface area (Å²) in [6.45, 7) is 7.39. The van der Waals surface area contributed by atoms with Gasteiger partial charge in [-0.15, -0.1) is 0 Å². The second-order valence-electron chi connectivity index (χ2n) is 7.45. The number of aromatic nitrogens is 3. The first kappa shape index (κ1) is 22.2. The average molecular weight is 420 g/mol. The maximum Gasteiger partial charge on any atom is 0.238 e. The Hall–Kier alpha value is -3.52. The van der Waals surface area contributed by atoms with Crippen LogP contribution < -0.4 is 16.4 Å². The van der Waals surface area contributed by atoms with Crippen LogP contribution >= 0.6 is 0 Å². The molecule has 1 amide bonds. The molecule has 1 heterocycles. The van der Waals surface area contributed by atoms with Gasteiger partial charge in [0.15, 0.2) is 0 Å². The summed E-state index contributed by atoms with van der Waals surface area (Å²) in [7, 11) is 0. The topological polar surface area (TPSA) is 109 Å². The third-order valence-electron chi connectivity index (χ3n) is 4.78. The van der Waals surface area contributed by atoms with Gasteiger partial charge in [-0.05, 0) is 50.1 Å².